The molecule has 0 aromatic heterocycles. The molecule has 0 atom stereocenters. The smallest absolute Gasteiger partial charge is 0.188 e. The van der Waals surface area contributed by atoms with Crippen molar-refractivity contribution in [1.82, 2.24) is 0 Å². The molecule has 2 rings (SSSR count). The highest BCUT2D eigenvalue weighted by Crippen LogP contribution is 2.28. The van der Waals surface area contributed by atoms with Crippen molar-refractivity contribution in [2.45, 2.75) is 63.6 Å². The zero-order chi connectivity index (χ0) is 14.4. The maximum atomic E-state index is 12.1. The van der Waals surface area contributed by atoms with Crippen LogP contribution in [0.15, 0.2) is 12.2 Å². The van der Waals surface area contributed by atoms with Gasteiger partial charge in [-0.05, 0) is 63.4 Å². The van der Waals surface area contributed by atoms with E-state index in [0.29, 0.717) is 5.92 Å². The summed E-state index contributed by atoms with van der Waals surface area (Å²) in [5.41, 5.74) is 0. The fourth-order valence-electron chi connectivity index (χ4n) is 3.26. The first-order valence-electron chi connectivity index (χ1n) is 7.76. The zero-order valence-electron chi connectivity index (χ0n) is 12.0. The molecule has 0 aromatic rings. The van der Waals surface area contributed by atoms with Crippen LogP contribution in [0.5, 0.6) is 0 Å². The van der Waals surface area contributed by atoms with Crippen molar-refractivity contribution in [3.63, 3.8) is 0 Å². The van der Waals surface area contributed by atoms with E-state index in [4.69, 9.17) is 4.74 Å². The van der Waals surface area contributed by atoms with Gasteiger partial charge in [0, 0.05) is 5.92 Å². The number of carbonyl (C=O) groups is 1. The van der Waals surface area contributed by atoms with E-state index in [1.807, 2.05) is 6.08 Å². The van der Waals surface area contributed by atoms with Crippen molar-refractivity contribution >= 4 is 5.78 Å². The topological polar surface area (TPSA) is 46.5 Å². The van der Waals surface area contributed by atoms with E-state index in [0.717, 1.165) is 51.4 Å². The highest BCUT2D eigenvalue weighted by Gasteiger charge is 2.24. The van der Waals surface area contributed by atoms with Crippen LogP contribution in [0.4, 0.5) is 4.39 Å². The van der Waals surface area contributed by atoms with Gasteiger partial charge < -0.3 is 9.84 Å². The van der Waals surface area contributed by atoms with Crippen molar-refractivity contribution in [1.29, 1.82) is 0 Å². The van der Waals surface area contributed by atoms with Gasteiger partial charge in [0.2, 0.25) is 0 Å². The highest BCUT2D eigenvalue weighted by atomic mass is 19.1. The number of rotatable bonds is 5. The molecule has 0 aromatic carbocycles. The minimum Gasteiger partial charge on any atom is -0.393 e. The SMILES string of the molecule is O=C(C=CC1CCC(OCF)CC1)C1CCC(O)CC1. The molecule has 20 heavy (non-hydrogen) atoms. The number of carbonyl (C=O) groups excluding carboxylic acids is 1. The molecule has 0 saturated heterocycles. The third-order valence-electron chi connectivity index (χ3n) is 4.65. The van der Waals surface area contributed by atoms with Gasteiger partial charge in [-0.1, -0.05) is 6.08 Å². The Morgan fingerprint density at radius 2 is 1.75 bits per heavy atom. The molecule has 0 amide bonds. The van der Waals surface area contributed by atoms with Crippen LogP contribution >= 0.6 is 0 Å². The lowest BCUT2D eigenvalue weighted by molar-refractivity contribution is -0.119. The molecule has 0 unspecified atom stereocenters. The molecule has 2 aliphatic rings. The average molecular weight is 284 g/mol. The quantitative estimate of drug-likeness (QED) is 0.789. The second-order valence-electron chi connectivity index (χ2n) is 6.08. The van der Waals surface area contributed by atoms with Crippen LogP contribution < -0.4 is 0 Å². The molecule has 2 saturated carbocycles. The van der Waals surface area contributed by atoms with Crippen LogP contribution in [-0.2, 0) is 9.53 Å². The van der Waals surface area contributed by atoms with Crippen LogP contribution in [0.2, 0.25) is 0 Å². The van der Waals surface area contributed by atoms with Gasteiger partial charge in [0.15, 0.2) is 12.6 Å². The first-order valence-corrected chi connectivity index (χ1v) is 7.76. The third kappa shape index (κ3) is 4.67. The Morgan fingerprint density at radius 1 is 1.10 bits per heavy atom. The Hall–Kier alpha value is -0.740. The lowest BCUT2D eigenvalue weighted by atomic mass is 9.83. The molecule has 2 fully saturated rings. The van der Waals surface area contributed by atoms with E-state index in [1.165, 1.54) is 0 Å². The maximum Gasteiger partial charge on any atom is 0.188 e. The van der Waals surface area contributed by atoms with Gasteiger partial charge in [0.1, 0.15) is 0 Å². The monoisotopic (exact) mass is 284 g/mol. The molecule has 0 aliphatic heterocycles. The second kappa shape index (κ2) is 7.89. The molecule has 114 valence electrons. The molecule has 0 bridgehead atoms. The highest BCUT2D eigenvalue weighted by molar-refractivity contribution is 5.91. The maximum absolute atomic E-state index is 12.1. The van der Waals surface area contributed by atoms with Crippen molar-refractivity contribution in [3.8, 4) is 0 Å². The summed E-state index contributed by atoms with van der Waals surface area (Å²) in [5.74, 6) is 0.729. The van der Waals surface area contributed by atoms with Gasteiger partial charge in [-0.25, -0.2) is 4.39 Å². The number of hydrogen-bond acceptors (Lipinski definition) is 3. The number of aliphatic hydroxyl groups is 1. The summed E-state index contributed by atoms with van der Waals surface area (Å²) in [7, 11) is 0. The predicted octanol–water partition coefficient (Wildman–Crippen LogP) is 3.17. The predicted molar refractivity (Wildman–Crippen MR) is 74.9 cm³/mol. The number of aliphatic hydroxyl groups excluding tert-OH is 1. The first kappa shape index (κ1) is 15.6. The number of allylic oxidation sites excluding steroid dienone is 2. The van der Waals surface area contributed by atoms with E-state index in [9.17, 15) is 14.3 Å². The Labute approximate surface area is 120 Å². The van der Waals surface area contributed by atoms with Gasteiger partial charge in [0.25, 0.3) is 0 Å². The fraction of sp³-hybridized carbons (Fsp3) is 0.812. The summed E-state index contributed by atoms with van der Waals surface area (Å²) in [5, 5.41) is 9.44. The molecule has 1 N–H and O–H groups in total. The summed E-state index contributed by atoms with van der Waals surface area (Å²) < 4.78 is 17.0. The summed E-state index contributed by atoms with van der Waals surface area (Å²) in [4.78, 5) is 12.1. The zero-order valence-corrected chi connectivity index (χ0v) is 12.0. The van der Waals surface area contributed by atoms with Gasteiger partial charge in [-0.2, -0.15) is 0 Å². The summed E-state index contributed by atoms with van der Waals surface area (Å²) in [6.07, 6.45) is 10.4. The molecule has 3 nitrogen and oxygen atoms in total. The molecular weight excluding hydrogens is 259 g/mol. The summed E-state index contributed by atoms with van der Waals surface area (Å²) in [6.45, 7) is -0.697. The van der Waals surface area contributed by atoms with E-state index in [1.54, 1.807) is 6.08 Å². The number of halogens is 1. The van der Waals surface area contributed by atoms with E-state index in [-0.39, 0.29) is 23.9 Å². The molecule has 0 heterocycles. The lowest BCUT2D eigenvalue weighted by Crippen LogP contribution is -2.23. The summed E-state index contributed by atoms with van der Waals surface area (Å²) in [6, 6.07) is 0. The van der Waals surface area contributed by atoms with Crippen LogP contribution in [0, 0.1) is 11.8 Å². The average Bonchev–Trinajstić information content (AvgIpc) is 2.47. The third-order valence-corrected chi connectivity index (χ3v) is 4.65. The number of hydrogen-bond donors (Lipinski definition) is 1. The van der Waals surface area contributed by atoms with Gasteiger partial charge >= 0.3 is 0 Å². The van der Waals surface area contributed by atoms with Gasteiger partial charge in [-0.3, -0.25) is 4.79 Å². The Kier molecular flexibility index (Phi) is 6.17. The number of ketones is 1. The largest absolute Gasteiger partial charge is 0.393 e. The van der Waals surface area contributed by atoms with Gasteiger partial charge in [0.05, 0.1) is 12.2 Å². The summed E-state index contributed by atoms with van der Waals surface area (Å²) >= 11 is 0. The first-order chi connectivity index (χ1) is 9.69. The molecule has 2 aliphatic carbocycles. The normalized spacial score (nSPS) is 35.3. The molecular formula is C16H25FO3. The number of alkyl halides is 1. The molecule has 0 radical (unpaired) electrons. The fourth-order valence-corrected chi connectivity index (χ4v) is 3.26. The Bertz CT molecular complexity index is 327. The second-order valence-corrected chi connectivity index (χ2v) is 6.08. The van der Waals surface area contributed by atoms with Crippen molar-refractivity contribution in [3.05, 3.63) is 12.2 Å². The van der Waals surface area contributed by atoms with Crippen molar-refractivity contribution in [2.24, 2.45) is 11.8 Å². The Balaban J connectivity index is 1.72. The van der Waals surface area contributed by atoms with E-state index < -0.39 is 6.86 Å². The lowest BCUT2D eigenvalue weighted by Gasteiger charge is -2.26. The van der Waals surface area contributed by atoms with Crippen LogP contribution in [0.1, 0.15) is 51.4 Å². The van der Waals surface area contributed by atoms with E-state index in [2.05, 4.69) is 0 Å². The minimum atomic E-state index is -0.697. The standard InChI is InChI=1S/C16H25FO3/c17-11-20-15-8-1-12(2-9-15)3-10-16(19)13-4-6-14(18)7-5-13/h3,10,12-15,18H,1-2,4-9,11H2. The van der Waals surface area contributed by atoms with Crippen molar-refractivity contribution < 1.29 is 19.0 Å². The van der Waals surface area contributed by atoms with Crippen LogP contribution in [0.25, 0.3) is 0 Å². The van der Waals surface area contributed by atoms with Crippen LogP contribution in [0.3, 0.4) is 0 Å². The molecule has 4 heteroatoms. The Morgan fingerprint density at radius 3 is 2.35 bits per heavy atom. The number of ether oxygens (including phenoxy) is 1. The minimum absolute atomic E-state index is 0.0557. The molecule has 0 spiro atoms. The van der Waals surface area contributed by atoms with Crippen LogP contribution in [-0.4, -0.2) is 30.0 Å². The van der Waals surface area contributed by atoms with Gasteiger partial charge in [-0.15, -0.1) is 0 Å². The van der Waals surface area contributed by atoms with Crippen molar-refractivity contribution in [2.75, 3.05) is 6.86 Å². The van der Waals surface area contributed by atoms with E-state index >= 15 is 0 Å².